The van der Waals surface area contributed by atoms with E-state index in [9.17, 15) is 9.59 Å². The van der Waals surface area contributed by atoms with E-state index in [1.165, 1.54) is 24.6 Å². The number of thiazole rings is 1. The number of hydrogen-bond acceptors (Lipinski definition) is 6. The number of carbonyl (C=O) groups is 2. The number of ketones is 1. The lowest BCUT2D eigenvalue weighted by Crippen LogP contribution is -2.23. The third-order valence-electron chi connectivity index (χ3n) is 4.68. The number of amides is 1. The lowest BCUT2D eigenvalue weighted by molar-refractivity contribution is -0.112. The van der Waals surface area contributed by atoms with Crippen LogP contribution < -0.4 is 10.1 Å². The standard InChI is InChI=1S/C21H17ClN4O3S/c1-12-19(20(27)21(28)25-13-7-8-23-17(9-13)29-2)14-5-3-4-6-15(14)26(12)11-18-24-10-16(22)30-18/h3-10H,11H2,1-2H3,(H,23,25,28). The maximum absolute atomic E-state index is 13.1. The molecule has 0 aliphatic carbocycles. The van der Waals surface area contributed by atoms with E-state index in [1.807, 2.05) is 35.8 Å². The summed E-state index contributed by atoms with van der Waals surface area (Å²) in [6, 6.07) is 10.6. The number of nitrogens with one attached hydrogen (secondary N) is 1. The number of fused-ring (bicyclic) bond motifs is 1. The fourth-order valence-electron chi connectivity index (χ4n) is 3.32. The first-order valence-corrected chi connectivity index (χ1v) is 10.2. The van der Waals surface area contributed by atoms with Gasteiger partial charge in [-0.25, -0.2) is 9.97 Å². The highest BCUT2D eigenvalue weighted by atomic mass is 35.5. The fourth-order valence-corrected chi connectivity index (χ4v) is 4.26. The molecule has 0 fully saturated rings. The Morgan fingerprint density at radius 3 is 2.77 bits per heavy atom. The molecular formula is C21H17ClN4O3S. The number of benzene rings is 1. The van der Waals surface area contributed by atoms with Gasteiger partial charge >= 0.3 is 0 Å². The number of rotatable bonds is 6. The molecule has 0 spiro atoms. The molecule has 30 heavy (non-hydrogen) atoms. The molecule has 0 saturated carbocycles. The maximum atomic E-state index is 13.1. The minimum absolute atomic E-state index is 0.343. The van der Waals surface area contributed by atoms with Crippen LogP contribution in [0.2, 0.25) is 4.34 Å². The Morgan fingerprint density at radius 1 is 1.23 bits per heavy atom. The molecule has 4 rings (SSSR count). The Balaban J connectivity index is 1.70. The zero-order valence-corrected chi connectivity index (χ0v) is 17.8. The van der Waals surface area contributed by atoms with Crippen molar-refractivity contribution in [1.29, 1.82) is 0 Å². The molecule has 3 heterocycles. The second kappa shape index (κ2) is 8.25. The van der Waals surface area contributed by atoms with Crippen LogP contribution in [0.4, 0.5) is 5.69 Å². The van der Waals surface area contributed by atoms with Crippen LogP contribution in [-0.2, 0) is 11.3 Å². The van der Waals surface area contributed by atoms with Gasteiger partial charge in [0.2, 0.25) is 5.88 Å². The summed E-state index contributed by atoms with van der Waals surface area (Å²) in [6.45, 7) is 2.28. The number of para-hydroxylation sites is 1. The van der Waals surface area contributed by atoms with Crippen molar-refractivity contribution in [2.75, 3.05) is 12.4 Å². The monoisotopic (exact) mass is 440 g/mol. The van der Waals surface area contributed by atoms with E-state index in [0.717, 1.165) is 10.5 Å². The molecule has 7 nitrogen and oxygen atoms in total. The lowest BCUT2D eigenvalue weighted by atomic mass is 10.1. The minimum atomic E-state index is -0.730. The van der Waals surface area contributed by atoms with Gasteiger partial charge in [0.25, 0.3) is 11.7 Å². The SMILES string of the molecule is COc1cc(NC(=O)C(=O)c2c(C)n(Cc3ncc(Cl)s3)c3ccccc23)ccn1. The second-order valence-electron chi connectivity index (χ2n) is 6.49. The van der Waals surface area contributed by atoms with Crippen molar-refractivity contribution >= 4 is 51.2 Å². The van der Waals surface area contributed by atoms with Gasteiger partial charge in [-0.05, 0) is 19.1 Å². The Labute approximate surface area is 181 Å². The van der Waals surface area contributed by atoms with E-state index >= 15 is 0 Å². The van der Waals surface area contributed by atoms with Crippen LogP contribution in [0.3, 0.4) is 0 Å². The minimum Gasteiger partial charge on any atom is -0.481 e. The summed E-state index contributed by atoms with van der Waals surface area (Å²) in [5.41, 5.74) is 2.34. The quantitative estimate of drug-likeness (QED) is 0.356. The highest BCUT2D eigenvalue weighted by Gasteiger charge is 2.25. The highest BCUT2D eigenvalue weighted by molar-refractivity contribution is 7.15. The Morgan fingerprint density at radius 2 is 2.03 bits per heavy atom. The molecule has 4 aromatic rings. The van der Waals surface area contributed by atoms with Crippen molar-refractivity contribution in [1.82, 2.24) is 14.5 Å². The van der Waals surface area contributed by atoms with Gasteiger partial charge in [-0.3, -0.25) is 9.59 Å². The van der Waals surface area contributed by atoms with Crippen molar-refractivity contribution in [3.8, 4) is 5.88 Å². The molecule has 1 amide bonds. The van der Waals surface area contributed by atoms with Crippen molar-refractivity contribution in [2.45, 2.75) is 13.5 Å². The molecular weight excluding hydrogens is 424 g/mol. The fraction of sp³-hybridized carbons (Fsp3) is 0.143. The molecule has 0 aliphatic rings. The summed E-state index contributed by atoms with van der Waals surface area (Å²) in [4.78, 5) is 34.1. The van der Waals surface area contributed by atoms with Gasteiger partial charge in [-0.2, -0.15) is 0 Å². The van der Waals surface area contributed by atoms with Crippen LogP contribution in [-0.4, -0.2) is 33.3 Å². The van der Waals surface area contributed by atoms with E-state index in [-0.39, 0.29) is 0 Å². The summed E-state index contributed by atoms with van der Waals surface area (Å²) in [6.07, 6.45) is 3.10. The average Bonchev–Trinajstić information content (AvgIpc) is 3.28. The number of halogens is 1. The van der Waals surface area contributed by atoms with Gasteiger partial charge in [0.05, 0.1) is 25.4 Å². The number of pyridine rings is 1. The Kier molecular flexibility index (Phi) is 5.52. The zero-order valence-electron chi connectivity index (χ0n) is 16.2. The molecule has 1 N–H and O–H groups in total. The van der Waals surface area contributed by atoms with Gasteiger partial charge in [-0.15, -0.1) is 11.3 Å². The van der Waals surface area contributed by atoms with Crippen LogP contribution in [0.1, 0.15) is 21.1 Å². The highest BCUT2D eigenvalue weighted by Crippen LogP contribution is 2.29. The molecule has 0 radical (unpaired) electrons. The zero-order chi connectivity index (χ0) is 21.3. The van der Waals surface area contributed by atoms with Crippen molar-refractivity contribution < 1.29 is 14.3 Å². The number of aromatic nitrogens is 3. The summed E-state index contributed by atoms with van der Waals surface area (Å²) >= 11 is 7.39. The number of nitrogens with zero attached hydrogens (tertiary/aromatic N) is 3. The van der Waals surface area contributed by atoms with E-state index in [1.54, 1.807) is 18.3 Å². The average molecular weight is 441 g/mol. The number of ether oxygens (including phenoxy) is 1. The topological polar surface area (TPSA) is 86.1 Å². The molecule has 9 heteroatoms. The summed E-state index contributed by atoms with van der Waals surface area (Å²) < 4.78 is 7.63. The number of methoxy groups -OCH3 is 1. The molecule has 3 aromatic heterocycles. The van der Waals surface area contributed by atoms with Crippen LogP contribution in [0.5, 0.6) is 5.88 Å². The van der Waals surface area contributed by atoms with E-state index in [0.29, 0.717) is 39.1 Å². The van der Waals surface area contributed by atoms with Crippen LogP contribution in [0.15, 0.2) is 48.8 Å². The largest absolute Gasteiger partial charge is 0.481 e. The van der Waals surface area contributed by atoms with Crippen molar-refractivity contribution in [3.05, 3.63) is 69.4 Å². The van der Waals surface area contributed by atoms with Gasteiger partial charge in [0.1, 0.15) is 9.34 Å². The van der Waals surface area contributed by atoms with Gasteiger partial charge in [0, 0.05) is 34.5 Å². The van der Waals surface area contributed by atoms with Crippen molar-refractivity contribution in [3.63, 3.8) is 0 Å². The first-order valence-electron chi connectivity index (χ1n) is 9.01. The predicted octanol–water partition coefficient (Wildman–Crippen LogP) is 4.33. The second-order valence-corrected chi connectivity index (χ2v) is 8.24. The van der Waals surface area contributed by atoms with E-state index in [2.05, 4.69) is 15.3 Å². The summed E-state index contributed by atoms with van der Waals surface area (Å²) in [5.74, 6) is -1.00. The predicted molar refractivity (Wildman–Crippen MR) is 117 cm³/mol. The van der Waals surface area contributed by atoms with Crippen molar-refractivity contribution in [2.24, 2.45) is 0 Å². The normalized spacial score (nSPS) is 10.9. The molecule has 0 unspecified atom stereocenters. The molecule has 152 valence electrons. The first kappa shape index (κ1) is 20.1. The summed E-state index contributed by atoms with van der Waals surface area (Å²) in [7, 11) is 1.48. The molecule has 0 bridgehead atoms. The number of carbonyl (C=O) groups excluding carboxylic acids is 2. The maximum Gasteiger partial charge on any atom is 0.296 e. The van der Waals surface area contributed by atoms with E-state index in [4.69, 9.17) is 16.3 Å². The summed E-state index contributed by atoms with van der Waals surface area (Å²) in [5, 5.41) is 4.15. The third kappa shape index (κ3) is 3.79. The number of Topliss-reactive ketones (excluding diaryl/α,β-unsaturated/α-hetero) is 1. The van der Waals surface area contributed by atoms with Gasteiger partial charge < -0.3 is 14.6 Å². The Hall–Kier alpha value is -3.23. The molecule has 0 saturated heterocycles. The van der Waals surface area contributed by atoms with Crippen LogP contribution in [0.25, 0.3) is 10.9 Å². The number of hydrogen-bond donors (Lipinski definition) is 1. The van der Waals surface area contributed by atoms with Crippen LogP contribution in [0, 0.1) is 6.92 Å². The smallest absolute Gasteiger partial charge is 0.296 e. The molecule has 0 aliphatic heterocycles. The molecule has 0 atom stereocenters. The lowest BCUT2D eigenvalue weighted by Gasteiger charge is -2.07. The van der Waals surface area contributed by atoms with Crippen LogP contribution >= 0.6 is 22.9 Å². The van der Waals surface area contributed by atoms with Gasteiger partial charge in [-0.1, -0.05) is 29.8 Å². The van der Waals surface area contributed by atoms with E-state index < -0.39 is 11.7 Å². The third-order valence-corrected chi connectivity index (χ3v) is 5.78. The van der Waals surface area contributed by atoms with Gasteiger partial charge in [0.15, 0.2) is 0 Å². The first-order chi connectivity index (χ1) is 14.5. The molecule has 1 aromatic carbocycles. The number of anilines is 1. The Bertz CT molecular complexity index is 1260.